The Morgan fingerprint density at radius 1 is 0.974 bits per heavy atom. The number of hydrazine groups is 1. The summed E-state index contributed by atoms with van der Waals surface area (Å²) in [5.41, 5.74) is 4.69. The predicted molar refractivity (Wildman–Crippen MR) is 148 cm³/mol. The molecule has 1 fully saturated rings. The molecule has 3 amide bonds. The summed E-state index contributed by atoms with van der Waals surface area (Å²) in [6.07, 6.45) is 3.71. The van der Waals surface area contributed by atoms with Crippen LogP contribution in [0.4, 0.5) is 0 Å². The third kappa shape index (κ3) is 7.11. The van der Waals surface area contributed by atoms with Crippen molar-refractivity contribution in [3.63, 3.8) is 0 Å². The fraction of sp³-hybridized carbons (Fsp3) is 0.556. The highest BCUT2D eigenvalue weighted by Gasteiger charge is 2.33. The summed E-state index contributed by atoms with van der Waals surface area (Å²) < 4.78 is 28.3. The van der Waals surface area contributed by atoms with Gasteiger partial charge in [-0.3, -0.25) is 24.4 Å². The normalized spacial score (nSPS) is 27.3. The number of fused-ring (bicyclic) bond motifs is 4. The van der Waals surface area contributed by atoms with E-state index in [1.165, 1.54) is 5.01 Å². The zero-order chi connectivity index (χ0) is 28.3. The molecule has 4 atom stereocenters. The van der Waals surface area contributed by atoms with E-state index in [2.05, 4.69) is 25.8 Å². The minimum absolute atomic E-state index is 0.167. The number of nitrogens with one attached hydrogen (secondary N) is 4. The highest BCUT2D eigenvalue weighted by molar-refractivity contribution is 7.89. The lowest BCUT2D eigenvalue weighted by Crippen LogP contribution is -2.62. The summed E-state index contributed by atoms with van der Waals surface area (Å²) in [4.78, 5) is 43.8. The molecule has 0 aliphatic carbocycles. The second-order valence-electron chi connectivity index (χ2n) is 10.8. The zero-order valence-electron chi connectivity index (χ0n) is 22.9. The Hall–Kier alpha value is -3.09. The van der Waals surface area contributed by atoms with E-state index in [9.17, 15) is 22.8 Å². The maximum absolute atomic E-state index is 13.1. The third-order valence-electron chi connectivity index (χ3n) is 7.26. The van der Waals surface area contributed by atoms with Crippen LogP contribution in [0.2, 0.25) is 0 Å². The van der Waals surface area contributed by atoms with E-state index >= 15 is 0 Å². The van der Waals surface area contributed by atoms with Gasteiger partial charge in [0.1, 0.15) is 18.1 Å². The Balaban J connectivity index is 1.64. The Morgan fingerprint density at radius 3 is 2.46 bits per heavy atom. The summed E-state index contributed by atoms with van der Waals surface area (Å²) in [5.74, 6) is -1.70. The molecule has 0 unspecified atom stereocenters. The Bertz CT molecular complexity index is 1350. The van der Waals surface area contributed by atoms with E-state index in [1.54, 1.807) is 27.0 Å². The Morgan fingerprint density at radius 2 is 1.72 bits per heavy atom. The van der Waals surface area contributed by atoms with Crippen LogP contribution in [-0.4, -0.2) is 66.6 Å². The van der Waals surface area contributed by atoms with Crippen LogP contribution in [0, 0.1) is 5.92 Å². The Kier molecular flexibility index (Phi) is 8.87. The minimum atomic E-state index is -3.78. The summed E-state index contributed by atoms with van der Waals surface area (Å²) >= 11 is 0. The number of hydrogen-bond acceptors (Lipinski definition) is 7. The van der Waals surface area contributed by atoms with Crippen molar-refractivity contribution in [3.8, 4) is 0 Å². The van der Waals surface area contributed by atoms with Gasteiger partial charge in [-0.2, -0.15) is 0 Å². The van der Waals surface area contributed by atoms with Gasteiger partial charge in [0, 0.05) is 23.8 Å². The van der Waals surface area contributed by atoms with Gasteiger partial charge in [-0.25, -0.2) is 18.6 Å². The SMILES string of the molecule is CC(C)[C@@H]1NS(=O)(=O)CCCc2cc3cc(ccc3cn2)[C@@H](C)NC(=O)[C@@H]2CCCN(N2)C(=O)[C@H](C)NC1=O. The van der Waals surface area contributed by atoms with Crippen molar-refractivity contribution in [3.05, 3.63) is 41.7 Å². The van der Waals surface area contributed by atoms with Gasteiger partial charge < -0.3 is 10.6 Å². The molecule has 5 bridgehead atoms. The number of aryl methyl sites for hydroxylation is 1. The van der Waals surface area contributed by atoms with Gasteiger partial charge >= 0.3 is 0 Å². The van der Waals surface area contributed by atoms with Gasteiger partial charge in [0.05, 0.1) is 11.8 Å². The van der Waals surface area contributed by atoms with Crippen molar-refractivity contribution in [2.75, 3.05) is 12.3 Å². The van der Waals surface area contributed by atoms with Gasteiger partial charge in [0.25, 0.3) is 5.91 Å². The van der Waals surface area contributed by atoms with Crippen LogP contribution in [0.5, 0.6) is 0 Å². The number of hydrogen-bond donors (Lipinski definition) is 4. The molecule has 39 heavy (non-hydrogen) atoms. The molecule has 212 valence electrons. The Labute approximate surface area is 229 Å². The number of nitrogens with zero attached hydrogens (tertiary/aromatic N) is 2. The van der Waals surface area contributed by atoms with Gasteiger partial charge in [-0.05, 0) is 68.5 Å². The molecule has 2 aromatic rings. The first kappa shape index (κ1) is 28.9. The molecule has 4 rings (SSSR count). The van der Waals surface area contributed by atoms with E-state index in [0.717, 1.165) is 22.0 Å². The molecule has 2 aliphatic rings. The maximum atomic E-state index is 13.1. The monoisotopic (exact) mass is 558 g/mol. The number of aromatic nitrogens is 1. The lowest BCUT2D eigenvalue weighted by atomic mass is 10.0. The van der Waals surface area contributed by atoms with Crippen molar-refractivity contribution in [2.24, 2.45) is 5.92 Å². The minimum Gasteiger partial charge on any atom is -0.348 e. The average Bonchev–Trinajstić information content (AvgIpc) is 2.90. The molecule has 12 heteroatoms. The molecule has 1 aromatic carbocycles. The standard InChI is InChI=1S/C27H38N6O5S/c1-16(2)24-26(35)30-18(4)27(36)33-11-5-8-23(31-33)25(34)29-17(3)19-9-10-20-15-28-22(14-21(20)13-19)7-6-12-39(37,38)32-24/h9-10,13-18,23-24,31-32H,5-8,11-12H2,1-4H3,(H,29,34)(H,30,35)/t17-,18+,23+,24+/m1/s1. The van der Waals surface area contributed by atoms with Crippen molar-refractivity contribution in [1.29, 1.82) is 0 Å². The van der Waals surface area contributed by atoms with Crippen molar-refractivity contribution < 1.29 is 22.8 Å². The van der Waals surface area contributed by atoms with Gasteiger partial charge in [0.15, 0.2) is 0 Å². The molecule has 1 saturated heterocycles. The van der Waals surface area contributed by atoms with Crippen LogP contribution in [0.15, 0.2) is 30.5 Å². The van der Waals surface area contributed by atoms with Crippen LogP contribution >= 0.6 is 0 Å². The molecule has 11 nitrogen and oxygen atoms in total. The molecule has 2 aliphatic heterocycles. The van der Waals surface area contributed by atoms with Crippen LogP contribution in [-0.2, 0) is 30.8 Å². The largest absolute Gasteiger partial charge is 0.348 e. The number of sulfonamides is 1. The van der Waals surface area contributed by atoms with E-state index in [0.29, 0.717) is 32.2 Å². The molecule has 0 saturated carbocycles. The van der Waals surface area contributed by atoms with Crippen LogP contribution in [0.3, 0.4) is 0 Å². The summed E-state index contributed by atoms with van der Waals surface area (Å²) in [6.45, 7) is 7.32. The van der Waals surface area contributed by atoms with E-state index in [1.807, 2.05) is 31.2 Å². The molecule has 1 aromatic heterocycles. The van der Waals surface area contributed by atoms with Crippen LogP contribution in [0.25, 0.3) is 10.8 Å². The first-order valence-corrected chi connectivity index (χ1v) is 15.2. The molecular formula is C27H38N6O5S. The molecule has 4 N–H and O–H groups in total. The first-order chi connectivity index (χ1) is 18.4. The average molecular weight is 559 g/mol. The fourth-order valence-electron chi connectivity index (χ4n) is 4.93. The van der Waals surface area contributed by atoms with E-state index in [-0.39, 0.29) is 23.6 Å². The van der Waals surface area contributed by atoms with E-state index in [4.69, 9.17) is 0 Å². The third-order valence-corrected chi connectivity index (χ3v) is 8.70. The lowest BCUT2D eigenvalue weighted by molar-refractivity contribution is -0.143. The van der Waals surface area contributed by atoms with Gasteiger partial charge in [-0.15, -0.1) is 0 Å². The summed E-state index contributed by atoms with van der Waals surface area (Å²) in [7, 11) is -3.78. The van der Waals surface area contributed by atoms with Gasteiger partial charge in [-0.1, -0.05) is 26.0 Å². The van der Waals surface area contributed by atoms with Crippen molar-refractivity contribution in [1.82, 2.24) is 30.8 Å². The number of benzene rings is 1. The smallest absolute Gasteiger partial charge is 0.258 e. The predicted octanol–water partition coefficient (Wildman–Crippen LogP) is 1.30. The van der Waals surface area contributed by atoms with Crippen molar-refractivity contribution in [2.45, 2.75) is 77.5 Å². The zero-order valence-corrected chi connectivity index (χ0v) is 23.7. The lowest BCUT2D eigenvalue weighted by Gasteiger charge is -2.35. The topological polar surface area (TPSA) is 150 Å². The second kappa shape index (κ2) is 12.0. The van der Waals surface area contributed by atoms with Gasteiger partial charge in [0.2, 0.25) is 21.8 Å². The fourth-order valence-corrected chi connectivity index (χ4v) is 6.34. The van der Waals surface area contributed by atoms with Crippen LogP contribution in [0.1, 0.15) is 64.3 Å². The highest BCUT2D eigenvalue weighted by atomic mass is 32.2. The second-order valence-corrected chi connectivity index (χ2v) is 12.7. The maximum Gasteiger partial charge on any atom is 0.258 e. The molecule has 3 heterocycles. The summed E-state index contributed by atoms with van der Waals surface area (Å²) in [6, 6.07) is 5.00. The number of carbonyl (C=O) groups excluding carboxylic acids is 3. The molecule has 0 radical (unpaired) electrons. The number of carbonyl (C=O) groups is 3. The van der Waals surface area contributed by atoms with E-state index < -0.39 is 40.0 Å². The highest BCUT2D eigenvalue weighted by Crippen LogP contribution is 2.22. The number of amides is 3. The first-order valence-electron chi connectivity index (χ1n) is 13.5. The van der Waals surface area contributed by atoms with Crippen molar-refractivity contribution >= 4 is 38.5 Å². The summed E-state index contributed by atoms with van der Waals surface area (Å²) in [5, 5.41) is 8.95. The molecular weight excluding hydrogens is 520 g/mol. The quantitative estimate of drug-likeness (QED) is 0.412. The van der Waals surface area contributed by atoms with Crippen LogP contribution < -0.4 is 20.8 Å². The molecule has 0 spiro atoms. The number of pyridine rings is 1. The number of rotatable bonds is 1.